The maximum atomic E-state index is 11.6. The van der Waals surface area contributed by atoms with Gasteiger partial charge in [0.2, 0.25) is 5.91 Å². The highest BCUT2D eigenvalue weighted by Crippen LogP contribution is 2.25. The number of benzene rings is 1. The van der Waals surface area contributed by atoms with Crippen LogP contribution >= 0.6 is 0 Å². The summed E-state index contributed by atoms with van der Waals surface area (Å²) in [6, 6.07) is 6.40. The number of anilines is 1. The number of hydrogen-bond donors (Lipinski definition) is 0. The molecule has 1 saturated heterocycles. The highest BCUT2D eigenvalue weighted by molar-refractivity contribution is 5.76. The van der Waals surface area contributed by atoms with Crippen LogP contribution < -0.4 is 4.90 Å². The van der Waals surface area contributed by atoms with Gasteiger partial charge in [-0.15, -0.1) is 0 Å². The molecule has 1 aliphatic rings. The van der Waals surface area contributed by atoms with Gasteiger partial charge < -0.3 is 9.80 Å². The molecule has 1 fully saturated rings. The molecule has 0 unspecified atom stereocenters. The zero-order chi connectivity index (χ0) is 15.4. The van der Waals surface area contributed by atoms with Crippen LogP contribution in [0.4, 0.5) is 11.4 Å². The second-order valence-electron chi connectivity index (χ2n) is 4.79. The Hall–Kier alpha value is -2.62. The summed E-state index contributed by atoms with van der Waals surface area (Å²) in [4.78, 5) is 25.7. The van der Waals surface area contributed by atoms with Crippen molar-refractivity contribution in [2.24, 2.45) is 0 Å². The van der Waals surface area contributed by atoms with Gasteiger partial charge in [0.25, 0.3) is 5.69 Å². The molecule has 1 aromatic rings. The number of carbonyl (C=O) groups is 1. The van der Waals surface area contributed by atoms with Crippen molar-refractivity contribution in [2.75, 3.05) is 31.1 Å². The minimum absolute atomic E-state index is 0.0598. The first kappa shape index (κ1) is 14.8. The number of nitrogens with zero attached hydrogens (tertiary/aromatic N) is 4. The summed E-state index contributed by atoms with van der Waals surface area (Å²) in [7, 11) is 0. The standard InChI is InChI=1S/C14H16N4O3/c1-2-14(19)17-7-5-16(6-8-17)12-3-4-13(18(20)21)11(9-12)10-15/h3-4,9H,2,5-8H2,1H3. The van der Waals surface area contributed by atoms with Crippen LogP contribution in [0.5, 0.6) is 0 Å². The third kappa shape index (κ3) is 3.11. The molecule has 0 saturated carbocycles. The minimum atomic E-state index is -0.555. The Balaban J connectivity index is 2.12. The number of hydrogen-bond acceptors (Lipinski definition) is 5. The van der Waals surface area contributed by atoms with Crippen molar-refractivity contribution in [1.82, 2.24) is 4.90 Å². The van der Waals surface area contributed by atoms with Crippen LogP contribution in [0.25, 0.3) is 0 Å². The maximum absolute atomic E-state index is 11.6. The summed E-state index contributed by atoms with van der Waals surface area (Å²) in [6.45, 7) is 4.42. The molecule has 0 atom stereocenters. The van der Waals surface area contributed by atoms with Crippen LogP contribution in [-0.4, -0.2) is 41.9 Å². The van der Waals surface area contributed by atoms with E-state index >= 15 is 0 Å². The van der Waals surface area contributed by atoms with Crippen LogP contribution in [0.2, 0.25) is 0 Å². The molecule has 0 aliphatic carbocycles. The number of nitro groups is 1. The van der Waals surface area contributed by atoms with E-state index in [1.807, 2.05) is 22.8 Å². The van der Waals surface area contributed by atoms with Gasteiger partial charge in [0, 0.05) is 44.4 Å². The predicted octanol–water partition coefficient (Wildman–Crippen LogP) is 1.53. The highest BCUT2D eigenvalue weighted by atomic mass is 16.6. The summed E-state index contributed by atoms with van der Waals surface area (Å²) in [5.74, 6) is 0.135. The van der Waals surface area contributed by atoms with E-state index in [-0.39, 0.29) is 17.2 Å². The van der Waals surface area contributed by atoms with Crippen LogP contribution in [0, 0.1) is 21.4 Å². The predicted molar refractivity (Wildman–Crippen MR) is 76.9 cm³/mol. The maximum Gasteiger partial charge on any atom is 0.287 e. The molecule has 1 aliphatic heterocycles. The number of carbonyl (C=O) groups excluding carboxylic acids is 1. The fourth-order valence-electron chi connectivity index (χ4n) is 2.41. The van der Waals surface area contributed by atoms with Crippen LogP contribution in [0.1, 0.15) is 18.9 Å². The van der Waals surface area contributed by atoms with Gasteiger partial charge in [-0.3, -0.25) is 14.9 Å². The third-order valence-corrected chi connectivity index (χ3v) is 3.60. The van der Waals surface area contributed by atoms with Gasteiger partial charge in [-0.1, -0.05) is 6.92 Å². The molecule has 110 valence electrons. The number of nitro benzene ring substituents is 1. The Morgan fingerprint density at radius 3 is 2.57 bits per heavy atom. The Morgan fingerprint density at radius 2 is 2.05 bits per heavy atom. The lowest BCUT2D eigenvalue weighted by atomic mass is 10.1. The molecule has 7 nitrogen and oxygen atoms in total. The van der Waals surface area contributed by atoms with Crippen molar-refractivity contribution in [3.63, 3.8) is 0 Å². The Bertz CT molecular complexity index is 601. The molecule has 0 spiro atoms. The zero-order valence-electron chi connectivity index (χ0n) is 11.8. The van der Waals surface area contributed by atoms with E-state index < -0.39 is 4.92 Å². The van der Waals surface area contributed by atoms with Crippen molar-refractivity contribution in [3.8, 4) is 6.07 Å². The number of piperazine rings is 1. The van der Waals surface area contributed by atoms with E-state index in [1.54, 1.807) is 6.07 Å². The van der Waals surface area contributed by atoms with Gasteiger partial charge in [-0.05, 0) is 12.1 Å². The first-order valence-electron chi connectivity index (χ1n) is 6.78. The fraction of sp³-hybridized carbons (Fsp3) is 0.429. The normalized spacial score (nSPS) is 14.7. The summed E-state index contributed by atoms with van der Waals surface area (Å²) in [5.41, 5.74) is 0.659. The van der Waals surface area contributed by atoms with E-state index in [4.69, 9.17) is 5.26 Å². The largest absolute Gasteiger partial charge is 0.368 e. The molecule has 21 heavy (non-hydrogen) atoms. The van der Waals surface area contributed by atoms with E-state index in [1.165, 1.54) is 12.1 Å². The molecule has 7 heteroatoms. The van der Waals surface area contributed by atoms with Crippen molar-refractivity contribution in [2.45, 2.75) is 13.3 Å². The monoisotopic (exact) mass is 288 g/mol. The molecular weight excluding hydrogens is 272 g/mol. The molecule has 0 aromatic heterocycles. The molecule has 2 rings (SSSR count). The average Bonchev–Trinajstić information content (AvgIpc) is 2.53. The second-order valence-corrected chi connectivity index (χ2v) is 4.79. The van der Waals surface area contributed by atoms with E-state index in [9.17, 15) is 14.9 Å². The number of amides is 1. The Kier molecular flexibility index (Phi) is 4.38. The molecule has 1 amide bonds. The Morgan fingerprint density at radius 1 is 1.38 bits per heavy atom. The van der Waals surface area contributed by atoms with Crippen LogP contribution in [0.3, 0.4) is 0 Å². The Labute approximate surface area is 122 Å². The zero-order valence-corrected chi connectivity index (χ0v) is 11.8. The fourth-order valence-corrected chi connectivity index (χ4v) is 2.41. The summed E-state index contributed by atoms with van der Waals surface area (Å²) in [6.07, 6.45) is 0.496. The van der Waals surface area contributed by atoms with Crippen molar-refractivity contribution in [1.29, 1.82) is 5.26 Å². The highest BCUT2D eigenvalue weighted by Gasteiger charge is 2.22. The molecule has 0 N–H and O–H groups in total. The molecule has 1 aromatic carbocycles. The molecule has 0 radical (unpaired) electrons. The first-order valence-corrected chi connectivity index (χ1v) is 6.78. The lowest BCUT2D eigenvalue weighted by Gasteiger charge is -2.36. The topological polar surface area (TPSA) is 90.5 Å². The van der Waals surface area contributed by atoms with Gasteiger partial charge in [0.05, 0.1) is 4.92 Å². The van der Waals surface area contributed by atoms with Crippen LogP contribution in [-0.2, 0) is 4.79 Å². The third-order valence-electron chi connectivity index (χ3n) is 3.60. The van der Waals surface area contributed by atoms with E-state index in [0.29, 0.717) is 32.6 Å². The smallest absolute Gasteiger partial charge is 0.287 e. The lowest BCUT2D eigenvalue weighted by molar-refractivity contribution is -0.385. The van der Waals surface area contributed by atoms with Crippen molar-refractivity contribution >= 4 is 17.3 Å². The lowest BCUT2D eigenvalue weighted by Crippen LogP contribution is -2.48. The van der Waals surface area contributed by atoms with E-state index in [2.05, 4.69) is 0 Å². The van der Waals surface area contributed by atoms with Gasteiger partial charge >= 0.3 is 0 Å². The number of rotatable bonds is 3. The van der Waals surface area contributed by atoms with Crippen LogP contribution in [0.15, 0.2) is 18.2 Å². The van der Waals surface area contributed by atoms with Crippen molar-refractivity contribution in [3.05, 3.63) is 33.9 Å². The molecule has 0 bridgehead atoms. The summed E-state index contributed by atoms with van der Waals surface area (Å²) in [5, 5.41) is 19.8. The SMILES string of the molecule is CCC(=O)N1CCN(c2ccc([N+](=O)[O-])c(C#N)c2)CC1. The summed E-state index contributed by atoms with van der Waals surface area (Å²) < 4.78 is 0. The second kappa shape index (κ2) is 6.22. The van der Waals surface area contributed by atoms with Gasteiger partial charge in [0.1, 0.15) is 11.6 Å². The summed E-state index contributed by atoms with van der Waals surface area (Å²) >= 11 is 0. The van der Waals surface area contributed by atoms with Crippen molar-refractivity contribution < 1.29 is 9.72 Å². The quantitative estimate of drug-likeness (QED) is 0.621. The average molecular weight is 288 g/mol. The van der Waals surface area contributed by atoms with Gasteiger partial charge in [0.15, 0.2) is 0 Å². The first-order chi connectivity index (χ1) is 10.1. The number of nitriles is 1. The molecule has 1 heterocycles. The van der Waals surface area contributed by atoms with E-state index in [0.717, 1.165) is 5.69 Å². The van der Waals surface area contributed by atoms with Gasteiger partial charge in [-0.2, -0.15) is 5.26 Å². The minimum Gasteiger partial charge on any atom is -0.368 e. The van der Waals surface area contributed by atoms with Gasteiger partial charge in [-0.25, -0.2) is 0 Å². The molecular formula is C14H16N4O3.